The molecule has 2 aromatic carbocycles. The number of halogens is 3. The van der Waals surface area contributed by atoms with Crippen molar-refractivity contribution >= 4 is 52.3 Å². The Balaban J connectivity index is 1.86. The molecule has 25 heavy (non-hydrogen) atoms. The van der Waals surface area contributed by atoms with E-state index >= 15 is 0 Å². The fourth-order valence-corrected chi connectivity index (χ4v) is 2.78. The van der Waals surface area contributed by atoms with Crippen molar-refractivity contribution in [2.45, 2.75) is 0 Å². The number of nitrogens with two attached hydrogens (primary N) is 1. The molecule has 0 aliphatic heterocycles. The van der Waals surface area contributed by atoms with Crippen LogP contribution in [0.4, 0.5) is 11.6 Å². The molecule has 0 saturated heterocycles. The smallest absolute Gasteiger partial charge is 0.256 e. The lowest BCUT2D eigenvalue weighted by molar-refractivity contribution is 0.102. The number of hydrogen-bond acceptors (Lipinski definition) is 3. The van der Waals surface area contributed by atoms with Gasteiger partial charge in [-0.15, -0.1) is 0 Å². The van der Waals surface area contributed by atoms with E-state index < -0.39 is 0 Å². The first-order valence-electron chi connectivity index (χ1n) is 7.23. The van der Waals surface area contributed by atoms with Gasteiger partial charge < -0.3 is 11.1 Å². The van der Waals surface area contributed by atoms with E-state index in [0.717, 1.165) is 0 Å². The molecule has 0 bridgehead atoms. The molecule has 7 heteroatoms. The zero-order valence-electron chi connectivity index (χ0n) is 12.8. The summed E-state index contributed by atoms with van der Waals surface area (Å²) in [5.74, 6) is 0.259. The van der Waals surface area contributed by atoms with Crippen LogP contribution in [-0.2, 0) is 0 Å². The van der Waals surface area contributed by atoms with Gasteiger partial charge in [-0.2, -0.15) is 0 Å². The fraction of sp³-hybridized carbons (Fsp3) is 0. The number of benzene rings is 2. The third-order valence-corrected chi connectivity index (χ3v) is 4.31. The lowest BCUT2D eigenvalue weighted by Crippen LogP contribution is -2.13. The highest BCUT2D eigenvalue weighted by Crippen LogP contribution is 2.34. The molecule has 1 amide bonds. The van der Waals surface area contributed by atoms with Crippen molar-refractivity contribution in [3.63, 3.8) is 0 Å². The van der Waals surface area contributed by atoms with Crippen molar-refractivity contribution in [2.75, 3.05) is 11.1 Å². The average molecular weight is 393 g/mol. The molecular formula is C18H12Cl3N3O. The molecule has 1 aromatic heterocycles. The molecule has 3 aromatic rings. The van der Waals surface area contributed by atoms with Crippen molar-refractivity contribution in [3.05, 3.63) is 75.2 Å². The molecule has 0 aliphatic rings. The van der Waals surface area contributed by atoms with Crippen LogP contribution >= 0.6 is 34.8 Å². The highest BCUT2D eigenvalue weighted by molar-refractivity contribution is 6.35. The monoisotopic (exact) mass is 391 g/mol. The van der Waals surface area contributed by atoms with Crippen LogP contribution in [0.3, 0.4) is 0 Å². The first-order valence-corrected chi connectivity index (χ1v) is 8.36. The van der Waals surface area contributed by atoms with E-state index in [-0.39, 0.29) is 11.7 Å². The summed E-state index contributed by atoms with van der Waals surface area (Å²) in [6, 6.07) is 15.0. The van der Waals surface area contributed by atoms with Gasteiger partial charge >= 0.3 is 0 Å². The van der Waals surface area contributed by atoms with Crippen LogP contribution in [0.2, 0.25) is 15.1 Å². The number of anilines is 2. The number of aromatic nitrogens is 1. The Bertz CT molecular complexity index is 943. The second-order valence-electron chi connectivity index (χ2n) is 5.21. The predicted molar refractivity (Wildman–Crippen MR) is 104 cm³/mol. The molecule has 1 heterocycles. The van der Waals surface area contributed by atoms with Crippen molar-refractivity contribution in [3.8, 4) is 11.1 Å². The van der Waals surface area contributed by atoms with Gasteiger partial charge in [0.2, 0.25) is 0 Å². The molecule has 126 valence electrons. The molecule has 0 atom stereocenters. The first kappa shape index (κ1) is 17.5. The number of nitrogen functional groups attached to an aromatic ring is 1. The number of carbonyl (C=O) groups is 1. The third-order valence-electron chi connectivity index (χ3n) is 3.49. The van der Waals surface area contributed by atoms with Gasteiger partial charge in [0.05, 0.1) is 0 Å². The SMILES string of the molecule is Nc1nc(NC(=O)c2ccc(Cl)cc2)ccc1-c1cc(Cl)ccc1Cl. The summed E-state index contributed by atoms with van der Waals surface area (Å²) in [6.45, 7) is 0. The van der Waals surface area contributed by atoms with Crippen molar-refractivity contribution in [2.24, 2.45) is 0 Å². The summed E-state index contributed by atoms with van der Waals surface area (Å²) in [7, 11) is 0. The Morgan fingerprint density at radius 2 is 1.56 bits per heavy atom. The van der Waals surface area contributed by atoms with Gasteiger partial charge in [-0.3, -0.25) is 4.79 Å². The van der Waals surface area contributed by atoms with Crippen LogP contribution in [0, 0.1) is 0 Å². The van der Waals surface area contributed by atoms with Crippen molar-refractivity contribution in [1.82, 2.24) is 4.98 Å². The van der Waals surface area contributed by atoms with Crippen LogP contribution in [-0.4, -0.2) is 10.9 Å². The topological polar surface area (TPSA) is 68.0 Å². The molecule has 0 unspecified atom stereocenters. The molecule has 0 aliphatic carbocycles. The number of nitrogens with one attached hydrogen (secondary N) is 1. The maximum Gasteiger partial charge on any atom is 0.256 e. The first-order chi connectivity index (χ1) is 11.9. The number of hydrogen-bond donors (Lipinski definition) is 2. The van der Waals surface area contributed by atoms with Gasteiger partial charge in [0.1, 0.15) is 11.6 Å². The molecule has 0 saturated carbocycles. The summed E-state index contributed by atoms with van der Waals surface area (Å²) in [4.78, 5) is 16.4. The molecule has 3 rings (SSSR count). The second kappa shape index (κ2) is 7.31. The summed E-state index contributed by atoms with van der Waals surface area (Å²) >= 11 is 18.0. The van der Waals surface area contributed by atoms with Gasteiger partial charge in [0.15, 0.2) is 0 Å². The van der Waals surface area contributed by atoms with Crippen molar-refractivity contribution < 1.29 is 4.79 Å². The minimum Gasteiger partial charge on any atom is -0.383 e. The number of carbonyl (C=O) groups excluding carboxylic acids is 1. The lowest BCUT2D eigenvalue weighted by Gasteiger charge is -2.10. The maximum absolute atomic E-state index is 12.2. The molecule has 0 radical (unpaired) electrons. The summed E-state index contributed by atoms with van der Waals surface area (Å²) in [6.07, 6.45) is 0. The normalized spacial score (nSPS) is 10.5. The van der Waals surface area contributed by atoms with E-state index in [9.17, 15) is 4.79 Å². The molecule has 0 fully saturated rings. The Hall–Kier alpha value is -2.27. The van der Waals surface area contributed by atoms with Crippen molar-refractivity contribution in [1.29, 1.82) is 0 Å². The zero-order valence-corrected chi connectivity index (χ0v) is 15.0. The van der Waals surface area contributed by atoms with Crippen LogP contribution in [0.15, 0.2) is 54.6 Å². The minimum absolute atomic E-state index is 0.234. The summed E-state index contributed by atoms with van der Waals surface area (Å²) in [5.41, 5.74) is 7.80. The maximum atomic E-state index is 12.2. The van der Waals surface area contributed by atoms with E-state index in [1.807, 2.05) is 0 Å². The highest BCUT2D eigenvalue weighted by atomic mass is 35.5. The van der Waals surface area contributed by atoms with E-state index in [1.165, 1.54) is 0 Å². The van der Waals surface area contributed by atoms with Gasteiger partial charge in [-0.1, -0.05) is 34.8 Å². The van der Waals surface area contributed by atoms with Crippen LogP contribution < -0.4 is 11.1 Å². The van der Waals surface area contributed by atoms with E-state index in [2.05, 4.69) is 10.3 Å². The van der Waals surface area contributed by atoms with Gasteiger partial charge in [-0.05, 0) is 54.6 Å². The van der Waals surface area contributed by atoms with Gasteiger partial charge in [-0.25, -0.2) is 4.98 Å². The number of pyridine rings is 1. The van der Waals surface area contributed by atoms with Crippen LogP contribution in [0.25, 0.3) is 11.1 Å². The minimum atomic E-state index is -0.308. The van der Waals surface area contributed by atoms with Crippen LogP contribution in [0.5, 0.6) is 0 Å². The second-order valence-corrected chi connectivity index (χ2v) is 6.49. The third kappa shape index (κ3) is 4.04. The zero-order chi connectivity index (χ0) is 18.0. The van der Waals surface area contributed by atoms with E-state index in [4.69, 9.17) is 40.5 Å². The quantitative estimate of drug-likeness (QED) is 0.614. The summed E-state index contributed by atoms with van der Waals surface area (Å²) in [5, 5.41) is 4.30. The highest BCUT2D eigenvalue weighted by Gasteiger charge is 2.12. The Morgan fingerprint density at radius 3 is 2.24 bits per heavy atom. The number of rotatable bonds is 3. The fourth-order valence-electron chi connectivity index (χ4n) is 2.27. The van der Waals surface area contributed by atoms with E-state index in [1.54, 1.807) is 54.6 Å². The largest absolute Gasteiger partial charge is 0.383 e. The van der Waals surface area contributed by atoms with Crippen LogP contribution in [0.1, 0.15) is 10.4 Å². The number of nitrogens with zero attached hydrogens (tertiary/aromatic N) is 1. The molecular weight excluding hydrogens is 381 g/mol. The predicted octanol–water partition coefficient (Wildman–Crippen LogP) is 5.54. The molecule has 3 N–H and O–H groups in total. The van der Waals surface area contributed by atoms with Gasteiger partial charge in [0.25, 0.3) is 5.91 Å². The standard InChI is InChI=1S/C18H12Cl3N3O/c19-11-3-1-10(2-4-11)18(25)24-16-8-6-13(17(22)23-16)14-9-12(20)5-7-15(14)21/h1-9H,(H3,22,23,24,25). The number of amides is 1. The average Bonchev–Trinajstić information content (AvgIpc) is 2.58. The molecule has 0 spiro atoms. The summed E-state index contributed by atoms with van der Waals surface area (Å²) < 4.78 is 0. The Morgan fingerprint density at radius 1 is 0.880 bits per heavy atom. The van der Waals surface area contributed by atoms with Gasteiger partial charge in [0, 0.05) is 31.8 Å². The van der Waals surface area contributed by atoms with E-state index in [0.29, 0.717) is 37.6 Å². The Kier molecular flexibility index (Phi) is 5.13. The lowest BCUT2D eigenvalue weighted by atomic mass is 10.1. The Labute approximate surface area is 159 Å². The molecule has 4 nitrogen and oxygen atoms in total.